The topological polar surface area (TPSA) is 54.0 Å². The highest BCUT2D eigenvalue weighted by Crippen LogP contribution is 2.15. The van der Waals surface area contributed by atoms with Crippen molar-refractivity contribution >= 4 is 17.3 Å². The molecule has 1 aromatic heterocycles. The molecule has 4 nitrogen and oxygen atoms in total. The van der Waals surface area contributed by atoms with Crippen molar-refractivity contribution < 1.29 is 13.6 Å². The molecule has 0 fully saturated rings. The molecule has 0 saturated carbocycles. The summed E-state index contributed by atoms with van der Waals surface area (Å²) in [7, 11) is 0. The lowest BCUT2D eigenvalue weighted by atomic mass is 10.2. The number of nitrogens with zero attached hydrogens (tertiary/aromatic N) is 1. The number of rotatable bonds is 5. The predicted molar refractivity (Wildman–Crippen MR) is 77.2 cm³/mol. The van der Waals surface area contributed by atoms with Gasteiger partial charge in [0.2, 0.25) is 0 Å². The fraction of sp³-hybridized carbons (Fsp3) is 0.0667. The zero-order valence-electron chi connectivity index (χ0n) is 11.1. The average molecular weight is 289 g/mol. The largest absolute Gasteiger partial charge is 0.380 e. The minimum atomic E-state index is -1.02. The number of halogens is 2. The molecule has 0 bridgehead atoms. The summed E-state index contributed by atoms with van der Waals surface area (Å²) < 4.78 is 25.9. The third kappa shape index (κ3) is 3.85. The molecular weight excluding hydrogens is 276 g/mol. The van der Waals surface area contributed by atoms with E-state index in [1.54, 1.807) is 18.3 Å². The Morgan fingerprint density at radius 3 is 2.71 bits per heavy atom. The van der Waals surface area contributed by atoms with Crippen LogP contribution in [0.1, 0.15) is 10.4 Å². The van der Waals surface area contributed by atoms with Crippen molar-refractivity contribution in [1.29, 1.82) is 0 Å². The zero-order chi connectivity index (χ0) is 15.2. The van der Waals surface area contributed by atoms with Crippen LogP contribution >= 0.6 is 0 Å². The van der Waals surface area contributed by atoms with Crippen LogP contribution < -0.4 is 10.6 Å². The molecule has 0 saturated heterocycles. The van der Waals surface area contributed by atoms with Gasteiger partial charge in [-0.15, -0.1) is 6.58 Å². The number of carbonyl (C=O) groups excluding carboxylic acids is 1. The molecule has 2 aromatic rings. The molecule has 0 aliphatic rings. The van der Waals surface area contributed by atoms with Gasteiger partial charge in [-0.2, -0.15) is 0 Å². The number of pyridine rings is 1. The summed E-state index contributed by atoms with van der Waals surface area (Å²) in [5, 5.41) is 5.48. The Balaban J connectivity index is 2.12. The molecular formula is C15H13F2N3O. The second-order valence-electron chi connectivity index (χ2n) is 4.21. The molecule has 0 radical (unpaired) electrons. The Hall–Kier alpha value is -2.76. The first kappa shape index (κ1) is 14.6. The van der Waals surface area contributed by atoms with Crippen molar-refractivity contribution in [2.24, 2.45) is 0 Å². The van der Waals surface area contributed by atoms with Crippen LogP contribution in [0.4, 0.5) is 20.2 Å². The van der Waals surface area contributed by atoms with E-state index in [0.29, 0.717) is 17.8 Å². The fourth-order valence-electron chi connectivity index (χ4n) is 1.63. The summed E-state index contributed by atoms with van der Waals surface area (Å²) in [6.07, 6.45) is 4.63. The lowest BCUT2D eigenvalue weighted by Gasteiger charge is -2.07. The zero-order valence-corrected chi connectivity index (χ0v) is 11.1. The summed E-state index contributed by atoms with van der Waals surface area (Å²) in [6, 6.07) is 4.75. The summed E-state index contributed by atoms with van der Waals surface area (Å²) in [4.78, 5) is 16.0. The second kappa shape index (κ2) is 6.60. The van der Waals surface area contributed by atoms with Gasteiger partial charge < -0.3 is 10.6 Å². The summed E-state index contributed by atoms with van der Waals surface area (Å²) in [5.74, 6) is -2.45. The van der Waals surface area contributed by atoms with Crippen LogP contribution in [-0.4, -0.2) is 17.4 Å². The smallest absolute Gasteiger partial charge is 0.257 e. The van der Waals surface area contributed by atoms with Crippen molar-refractivity contribution in [3.05, 3.63) is 66.5 Å². The van der Waals surface area contributed by atoms with Gasteiger partial charge in [-0.05, 0) is 18.2 Å². The molecule has 0 aliphatic carbocycles. The van der Waals surface area contributed by atoms with E-state index in [-0.39, 0.29) is 5.69 Å². The molecule has 2 N–H and O–H groups in total. The van der Waals surface area contributed by atoms with Crippen LogP contribution in [0.3, 0.4) is 0 Å². The highest BCUT2D eigenvalue weighted by molar-refractivity contribution is 6.04. The van der Waals surface area contributed by atoms with Gasteiger partial charge >= 0.3 is 0 Å². The maximum Gasteiger partial charge on any atom is 0.257 e. The molecule has 21 heavy (non-hydrogen) atoms. The van der Waals surface area contributed by atoms with Gasteiger partial charge in [0.05, 0.1) is 11.3 Å². The monoisotopic (exact) mass is 289 g/mol. The van der Waals surface area contributed by atoms with Crippen molar-refractivity contribution in [2.45, 2.75) is 0 Å². The number of hydrogen-bond acceptors (Lipinski definition) is 3. The van der Waals surface area contributed by atoms with Gasteiger partial charge in [-0.25, -0.2) is 8.78 Å². The van der Waals surface area contributed by atoms with Crippen molar-refractivity contribution in [1.82, 2.24) is 4.98 Å². The quantitative estimate of drug-likeness (QED) is 0.831. The minimum absolute atomic E-state index is 0.170. The third-order valence-corrected chi connectivity index (χ3v) is 2.63. The SMILES string of the molecule is C=CCNc1cncc(C(=O)Nc2ccc(F)c(F)c2)c1. The van der Waals surface area contributed by atoms with Crippen molar-refractivity contribution in [3.63, 3.8) is 0 Å². The number of carbonyl (C=O) groups is 1. The van der Waals surface area contributed by atoms with Crippen LogP contribution in [0, 0.1) is 11.6 Å². The first-order valence-electron chi connectivity index (χ1n) is 6.16. The van der Waals surface area contributed by atoms with E-state index in [0.717, 1.165) is 12.1 Å². The van der Waals surface area contributed by atoms with Gasteiger partial charge in [-0.1, -0.05) is 6.08 Å². The van der Waals surface area contributed by atoms with Gasteiger partial charge in [0.15, 0.2) is 11.6 Å². The number of hydrogen-bond donors (Lipinski definition) is 2. The Kier molecular flexibility index (Phi) is 4.61. The number of amides is 1. The number of anilines is 2. The van der Waals surface area contributed by atoms with Gasteiger partial charge in [0.25, 0.3) is 5.91 Å². The molecule has 0 aliphatic heterocycles. The molecule has 108 valence electrons. The van der Waals surface area contributed by atoms with E-state index in [1.807, 2.05) is 0 Å². The van der Waals surface area contributed by atoms with E-state index in [9.17, 15) is 13.6 Å². The molecule has 1 aromatic carbocycles. The Morgan fingerprint density at radius 1 is 1.19 bits per heavy atom. The summed E-state index contributed by atoms with van der Waals surface area (Å²) in [6.45, 7) is 4.11. The third-order valence-electron chi connectivity index (χ3n) is 2.63. The Bertz CT molecular complexity index is 674. The van der Waals surface area contributed by atoms with Crippen LogP contribution in [0.5, 0.6) is 0 Å². The normalized spacial score (nSPS) is 10.0. The molecule has 2 rings (SSSR count). The minimum Gasteiger partial charge on any atom is -0.380 e. The highest BCUT2D eigenvalue weighted by Gasteiger charge is 2.09. The molecule has 1 amide bonds. The second-order valence-corrected chi connectivity index (χ2v) is 4.21. The lowest BCUT2D eigenvalue weighted by Crippen LogP contribution is -2.13. The molecule has 1 heterocycles. The van der Waals surface area contributed by atoms with E-state index in [1.165, 1.54) is 12.3 Å². The van der Waals surface area contributed by atoms with Crippen LogP contribution in [0.25, 0.3) is 0 Å². The first-order valence-corrected chi connectivity index (χ1v) is 6.16. The average Bonchev–Trinajstić information content (AvgIpc) is 2.49. The van der Waals surface area contributed by atoms with Crippen molar-refractivity contribution in [2.75, 3.05) is 17.2 Å². The number of nitrogens with one attached hydrogen (secondary N) is 2. The first-order chi connectivity index (χ1) is 10.1. The maximum absolute atomic E-state index is 13.1. The molecule has 6 heteroatoms. The van der Waals surface area contributed by atoms with E-state index < -0.39 is 17.5 Å². The standard InChI is InChI=1S/C15H13F2N3O/c1-2-5-19-12-6-10(8-18-9-12)15(21)20-11-3-4-13(16)14(17)7-11/h2-4,6-9,19H,1,5H2,(H,20,21). The maximum atomic E-state index is 13.1. The van der Waals surface area contributed by atoms with Gasteiger partial charge in [0.1, 0.15) is 0 Å². The van der Waals surface area contributed by atoms with E-state index in [2.05, 4.69) is 22.2 Å². The van der Waals surface area contributed by atoms with Crippen LogP contribution in [0.2, 0.25) is 0 Å². The van der Waals surface area contributed by atoms with Crippen LogP contribution in [0.15, 0.2) is 49.3 Å². The highest BCUT2D eigenvalue weighted by atomic mass is 19.2. The molecule has 0 unspecified atom stereocenters. The number of aromatic nitrogens is 1. The van der Waals surface area contributed by atoms with E-state index in [4.69, 9.17) is 0 Å². The van der Waals surface area contributed by atoms with Gasteiger partial charge in [-0.3, -0.25) is 9.78 Å². The van der Waals surface area contributed by atoms with Gasteiger partial charge in [0, 0.05) is 30.7 Å². The summed E-state index contributed by atoms with van der Waals surface area (Å²) >= 11 is 0. The van der Waals surface area contributed by atoms with E-state index >= 15 is 0 Å². The van der Waals surface area contributed by atoms with Crippen molar-refractivity contribution in [3.8, 4) is 0 Å². The molecule has 0 atom stereocenters. The molecule has 0 spiro atoms. The van der Waals surface area contributed by atoms with Crippen LogP contribution in [-0.2, 0) is 0 Å². The Labute approximate surface area is 120 Å². The summed E-state index contributed by atoms with van der Waals surface area (Å²) in [5.41, 5.74) is 1.13. The fourth-order valence-corrected chi connectivity index (χ4v) is 1.63. The number of benzene rings is 1. The predicted octanol–water partition coefficient (Wildman–Crippen LogP) is 3.21. The Morgan fingerprint density at radius 2 is 2.00 bits per heavy atom. The lowest BCUT2D eigenvalue weighted by molar-refractivity contribution is 0.102.